The molecule has 1 amide bonds. The predicted octanol–water partition coefficient (Wildman–Crippen LogP) is 1.20. The molecule has 6 nitrogen and oxygen atoms in total. The van der Waals surface area contributed by atoms with Gasteiger partial charge in [0.05, 0.1) is 24.9 Å². The third-order valence-corrected chi connectivity index (χ3v) is 4.55. The number of methoxy groups -OCH3 is 1. The molecule has 0 spiro atoms. The number of carbonyl (C=O) groups is 1. The van der Waals surface area contributed by atoms with E-state index in [4.69, 9.17) is 9.47 Å². The van der Waals surface area contributed by atoms with Crippen LogP contribution in [0.1, 0.15) is 31.2 Å². The van der Waals surface area contributed by atoms with Gasteiger partial charge in [-0.15, -0.1) is 0 Å². The maximum absolute atomic E-state index is 12.5. The summed E-state index contributed by atoms with van der Waals surface area (Å²) in [6.07, 6.45) is 9.53. The Balaban J connectivity index is 1.52. The molecule has 0 aromatic carbocycles. The first-order valence-corrected chi connectivity index (χ1v) is 7.95. The molecule has 0 bridgehead atoms. The summed E-state index contributed by atoms with van der Waals surface area (Å²) in [7, 11) is 1.70. The van der Waals surface area contributed by atoms with Crippen molar-refractivity contribution in [3.63, 3.8) is 0 Å². The van der Waals surface area contributed by atoms with Gasteiger partial charge in [0.1, 0.15) is 6.33 Å². The molecule has 2 aliphatic heterocycles. The normalized spacial score (nSPS) is 27.7. The second-order valence-corrected chi connectivity index (χ2v) is 6.02. The molecular formula is C16H23N3O3. The summed E-state index contributed by atoms with van der Waals surface area (Å²) in [5.41, 5.74) is 1.01. The molecule has 22 heavy (non-hydrogen) atoms. The van der Waals surface area contributed by atoms with E-state index in [1.807, 2.05) is 4.90 Å². The van der Waals surface area contributed by atoms with Crippen molar-refractivity contribution in [3.05, 3.63) is 24.3 Å². The monoisotopic (exact) mass is 305 g/mol. The highest BCUT2D eigenvalue weighted by Crippen LogP contribution is 2.32. The number of aromatic nitrogens is 2. The molecule has 1 aromatic rings. The maximum Gasteiger partial charge on any atom is 0.223 e. The Bertz CT molecular complexity index is 497. The Labute approximate surface area is 130 Å². The van der Waals surface area contributed by atoms with Crippen LogP contribution in [0.3, 0.4) is 0 Å². The lowest BCUT2D eigenvalue weighted by Gasteiger charge is -2.35. The Kier molecular flexibility index (Phi) is 5.00. The van der Waals surface area contributed by atoms with Crippen LogP contribution in [0.4, 0.5) is 0 Å². The Morgan fingerprint density at radius 1 is 1.36 bits per heavy atom. The van der Waals surface area contributed by atoms with E-state index >= 15 is 0 Å². The van der Waals surface area contributed by atoms with Crippen LogP contribution < -0.4 is 0 Å². The molecule has 0 aliphatic carbocycles. The van der Waals surface area contributed by atoms with E-state index in [1.165, 1.54) is 6.33 Å². The standard InChI is InChI=1S/C16H23N3O3/c1-21-10-13-3-4-14-15(22-13)6-7-19(14)16(20)5-2-12-8-17-11-18-9-12/h8-9,11,13-15H,2-7,10H2,1H3/t13-,14-,15-/m1/s1. The summed E-state index contributed by atoms with van der Waals surface area (Å²) >= 11 is 0. The van der Waals surface area contributed by atoms with E-state index in [-0.39, 0.29) is 24.2 Å². The quantitative estimate of drug-likeness (QED) is 0.818. The number of hydrogen-bond acceptors (Lipinski definition) is 5. The molecule has 0 N–H and O–H groups in total. The molecule has 3 rings (SSSR count). The van der Waals surface area contributed by atoms with Gasteiger partial charge in [-0.3, -0.25) is 4.79 Å². The molecule has 3 heterocycles. The van der Waals surface area contributed by atoms with Crippen LogP contribution in [0.5, 0.6) is 0 Å². The van der Waals surface area contributed by atoms with Gasteiger partial charge in [-0.25, -0.2) is 9.97 Å². The average molecular weight is 305 g/mol. The number of rotatable bonds is 5. The molecular weight excluding hydrogens is 282 g/mol. The summed E-state index contributed by atoms with van der Waals surface area (Å²) in [6, 6.07) is 0.243. The number of fused-ring (bicyclic) bond motifs is 1. The number of ether oxygens (including phenoxy) is 2. The van der Waals surface area contributed by atoms with Gasteiger partial charge in [-0.05, 0) is 31.2 Å². The molecule has 3 atom stereocenters. The van der Waals surface area contributed by atoms with E-state index in [0.29, 0.717) is 19.4 Å². The Hall–Kier alpha value is -1.53. The predicted molar refractivity (Wildman–Crippen MR) is 80.2 cm³/mol. The van der Waals surface area contributed by atoms with Crippen LogP contribution >= 0.6 is 0 Å². The van der Waals surface area contributed by atoms with Gasteiger partial charge in [0.15, 0.2) is 0 Å². The summed E-state index contributed by atoms with van der Waals surface area (Å²) in [6.45, 7) is 1.45. The summed E-state index contributed by atoms with van der Waals surface area (Å²) in [5, 5.41) is 0. The lowest BCUT2D eigenvalue weighted by Crippen LogP contribution is -2.45. The van der Waals surface area contributed by atoms with Crippen molar-refractivity contribution in [2.75, 3.05) is 20.3 Å². The molecule has 6 heteroatoms. The van der Waals surface area contributed by atoms with E-state index in [2.05, 4.69) is 9.97 Å². The van der Waals surface area contributed by atoms with Crippen molar-refractivity contribution >= 4 is 5.91 Å². The summed E-state index contributed by atoms with van der Waals surface area (Å²) < 4.78 is 11.2. The van der Waals surface area contributed by atoms with Gasteiger partial charge in [-0.2, -0.15) is 0 Å². The van der Waals surface area contributed by atoms with Crippen molar-refractivity contribution in [1.29, 1.82) is 0 Å². The highest BCUT2D eigenvalue weighted by atomic mass is 16.5. The van der Waals surface area contributed by atoms with Crippen LogP contribution in [0, 0.1) is 0 Å². The number of nitrogens with zero attached hydrogens (tertiary/aromatic N) is 3. The first-order chi connectivity index (χ1) is 10.8. The van der Waals surface area contributed by atoms with Crippen LogP contribution in [-0.4, -0.2) is 59.3 Å². The topological polar surface area (TPSA) is 64.5 Å². The van der Waals surface area contributed by atoms with Gasteiger partial charge >= 0.3 is 0 Å². The van der Waals surface area contributed by atoms with Crippen molar-refractivity contribution < 1.29 is 14.3 Å². The maximum atomic E-state index is 12.5. The zero-order valence-corrected chi connectivity index (χ0v) is 13.0. The molecule has 120 valence electrons. The average Bonchev–Trinajstić information content (AvgIpc) is 2.97. The fraction of sp³-hybridized carbons (Fsp3) is 0.688. The molecule has 0 saturated carbocycles. The fourth-order valence-corrected chi connectivity index (χ4v) is 3.47. The zero-order chi connectivity index (χ0) is 15.4. The minimum absolute atomic E-state index is 0.179. The van der Waals surface area contributed by atoms with Crippen LogP contribution in [0.15, 0.2) is 18.7 Å². The molecule has 2 saturated heterocycles. The number of hydrogen-bond donors (Lipinski definition) is 0. The Morgan fingerprint density at radius 2 is 2.18 bits per heavy atom. The SMILES string of the molecule is COC[C@H]1CC[C@@H]2[C@@H](CCN2C(=O)CCc2cncnc2)O1. The summed E-state index contributed by atoms with van der Waals surface area (Å²) in [5.74, 6) is 0.213. The van der Waals surface area contributed by atoms with Gasteiger partial charge in [0, 0.05) is 32.5 Å². The summed E-state index contributed by atoms with van der Waals surface area (Å²) in [4.78, 5) is 22.5. The van der Waals surface area contributed by atoms with Gasteiger partial charge in [0.25, 0.3) is 0 Å². The minimum atomic E-state index is 0.179. The van der Waals surface area contributed by atoms with E-state index in [0.717, 1.165) is 31.4 Å². The second kappa shape index (κ2) is 7.15. The van der Waals surface area contributed by atoms with E-state index in [9.17, 15) is 4.79 Å². The Morgan fingerprint density at radius 3 is 2.95 bits per heavy atom. The van der Waals surface area contributed by atoms with Crippen LogP contribution in [0.25, 0.3) is 0 Å². The highest BCUT2D eigenvalue weighted by Gasteiger charge is 2.41. The number of aryl methyl sites for hydroxylation is 1. The van der Waals surface area contributed by atoms with Gasteiger partial charge in [-0.1, -0.05) is 0 Å². The lowest BCUT2D eigenvalue weighted by atomic mass is 9.99. The van der Waals surface area contributed by atoms with Crippen molar-refractivity contribution in [2.24, 2.45) is 0 Å². The molecule has 2 fully saturated rings. The number of likely N-dealkylation sites (tertiary alicyclic amines) is 1. The van der Waals surface area contributed by atoms with Crippen molar-refractivity contribution in [3.8, 4) is 0 Å². The van der Waals surface area contributed by atoms with E-state index in [1.54, 1.807) is 19.5 Å². The lowest BCUT2D eigenvalue weighted by molar-refractivity contribution is -0.138. The fourth-order valence-electron chi connectivity index (χ4n) is 3.47. The van der Waals surface area contributed by atoms with Gasteiger partial charge in [0.2, 0.25) is 5.91 Å². The molecule has 2 aliphatic rings. The minimum Gasteiger partial charge on any atom is -0.382 e. The smallest absolute Gasteiger partial charge is 0.223 e. The third kappa shape index (κ3) is 3.44. The van der Waals surface area contributed by atoms with Crippen molar-refractivity contribution in [2.45, 2.75) is 50.4 Å². The molecule has 0 unspecified atom stereocenters. The first-order valence-electron chi connectivity index (χ1n) is 7.95. The van der Waals surface area contributed by atoms with Gasteiger partial charge < -0.3 is 14.4 Å². The zero-order valence-electron chi connectivity index (χ0n) is 13.0. The van der Waals surface area contributed by atoms with Crippen LogP contribution in [0.2, 0.25) is 0 Å². The number of amides is 1. The first kappa shape index (κ1) is 15.4. The third-order valence-electron chi connectivity index (χ3n) is 4.55. The highest BCUT2D eigenvalue weighted by molar-refractivity contribution is 5.77. The molecule has 1 aromatic heterocycles. The van der Waals surface area contributed by atoms with Crippen molar-refractivity contribution in [1.82, 2.24) is 14.9 Å². The number of carbonyl (C=O) groups excluding carboxylic acids is 1. The largest absolute Gasteiger partial charge is 0.382 e. The second-order valence-electron chi connectivity index (χ2n) is 6.02. The van der Waals surface area contributed by atoms with E-state index < -0.39 is 0 Å². The van der Waals surface area contributed by atoms with Crippen LogP contribution in [-0.2, 0) is 20.7 Å². The molecule has 0 radical (unpaired) electrons.